The van der Waals surface area contributed by atoms with E-state index < -0.39 is 23.5 Å². The lowest BCUT2D eigenvalue weighted by molar-refractivity contribution is -0.137. The monoisotopic (exact) mass is 511 g/mol. The second kappa shape index (κ2) is 11.4. The summed E-state index contributed by atoms with van der Waals surface area (Å²) in [6.07, 6.45) is -2.31. The summed E-state index contributed by atoms with van der Waals surface area (Å²) in [7, 11) is 0. The number of thiophene rings is 1. The number of nitrogens with zero attached hydrogens (tertiary/aromatic N) is 4. The molecule has 4 heterocycles. The molecule has 0 spiro atoms. The Labute approximate surface area is 200 Å². The number of amides is 1. The van der Waals surface area contributed by atoms with E-state index in [-0.39, 0.29) is 22.9 Å². The fraction of sp³-hybridized carbons (Fsp3) is 0.250. The van der Waals surface area contributed by atoms with Gasteiger partial charge in [-0.1, -0.05) is 0 Å². The van der Waals surface area contributed by atoms with Gasteiger partial charge in [0.25, 0.3) is 0 Å². The zero-order chi connectivity index (χ0) is 25.4. The lowest BCUT2D eigenvalue weighted by Crippen LogP contribution is -2.36. The molecule has 35 heavy (non-hydrogen) atoms. The number of anilines is 5. The van der Waals surface area contributed by atoms with E-state index in [0.29, 0.717) is 25.1 Å². The summed E-state index contributed by atoms with van der Waals surface area (Å²) in [5, 5.41) is 16.0. The Morgan fingerprint density at radius 3 is 2.49 bits per heavy atom. The van der Waals surface area contributed by atoms with Crippen molar-refractivity contribution in [2.45, 2.75) is 6.18 Å². The summed E-state index contributed by atoms with van der Waals surface area (Å²) in [6, 6.07) is 4.79. The Kier molecular flexibility index (Phi) is 8.38. The van der Waals surface area contributed by atoms with Gasteiger partial charge in [-0.15, -0.1) is 11.3 Å². The van der Waals surface area contributed by atoms with Crippen LogP contribution < -0.4 is 21.3 Å². The number of hydrogen-bond acceptors (Lipinski definition) is 10. The quantitative estimate of drug-likeness (QED) is 0.363. The number of carboxylic acid groups (broad SMARTS) is 1. The van der Waals surface area contributed by atoms with Crippen molar-refractivity contribution in [2.24, 2.45) is 5.73 Å². The van der Waals surface area contributed by atoms with Gasteiger partial charge < -0.3 is 31.1 Å². The number of halogens is 3. The normalized spacial score (nSPS) is 13.4. The van der Waals surface area contributed by atoms with Gasteiger partial charge in [0.1, 0.15) is 22.2 Å². The van der Waals surface area contributed by atoms with E-state index in [1.165, 1.54) is 17.6 Å². The van der Waals surface area contributed by atoms with Crippen molar-refractivity contribution in [1.29, 1.82) is 0 Å². The highest BCUT2D eigenvalue weighted by molar-refractivity contribution is 7.14. The van der Waals surface area contributed by atoms with Gasteiger partial charge in [-0.25, -0.2) is 14.8 Å². The number of morpholine rings is 1. The van der Waals surface area contributed by atoms with Crippen LogP contribution in [0, 0.1) is 0 Å². The lowest BCUT2D eigenvalue weighted by Gasteiger charge is -2.27. The number of aromatic carboxylic acids is 1. The summed E-state index contributed by atoms with van der Waals surface area (Å²) in [6.45, 7) is 2.67. The van der Waals surface area contributed by atoms with Gasteiger partial charge >= 0.3 is 12.1 Å². The third kappa shape index (κ3) is 6.77. The molecule has 0 aromatic carbocycles. The topological polar surface area (TPSA) is 156 Å². The molecule has 1 aliphatic heterocycles. The number of rotatable bonds is 6. The average Bonchev–Trinajstić information content (AvgIpc) is 3.29. The van der Waals surface area contributed by atoms with Crippen molar-refractivity contribution in [1.82, 2.24) is 15.0 Å². The highest BCUT2D eigenvalue weighted by atomic mass is 32.1. The van der Waals surface area contributed by atoms with Crippen LogP contribution in [0.25, 0.3) is 0 Å². The smallest absolute Gasteiger partial charge is 0.421 e. The van der Waals surface area contributed by atoms with E-state index in [1.54, 1.807) is 12.1 Å². The second-order valence-corrected chi connectivity index (χ2v) is 7.73. The van der Waals surface area contributed by atoms with Crippen molar-refractivity contribution in [3.8, 4) is 0 Å². The van der Waals surface area contributed by atoms with Crippen LogP contribution in [0.1, 0.15) is 15.9 Å². The van der Waals surface area contributed by atoms with Crippen LogP contribution in [-0.2, 0) is 15.7 Å². The first-order valence-corrected chi connectivity index (χ1v) is 10.8. The largest absolute Gasteiger partial charge is 0.478 e. The molecule has 11 nitrogen and oxygen atoms in total. The Balaban J connectivity index is 0.00000108. The number of primary amides is 1. The summed E-state index contributed by atoms with van der Waals surface area (Å²) < 4.78 is 45.6. The van der Waals surface area contributed by atoms with Crippen LogP contribution in [0.5, 0.6) is 0 Å². The molecule has 1 fully saturated rings. The number of carboxylic acids is 1. The Morgan fingerprint density at radius 1 is 1.17 bits per heavy atom. The molecule has 4 rings (SSSR count). The van der Waals surface area contributed by atoms with Gasteiger partial charge in [-0.3, -0.25) is 4.79 Å². The van der Waals surface area contributed by atoms with Gasteiger partial charge in [0.15, 0.2) is 0 Å². The number of nitrogens with two attached hydrogens (primary N) is 1. The zero-order valence-electron chi connectivity index (χ0n) is 18.0. The number of nitrogens with one attached hydrogen (secondary N) is 2. The van der Waals surface area contributed by atoms with Gasteiger partial charge in [0.05, 0.1) is 30.7 Å². The molecule has 3 aromatic heterocycles. The Hall–Kier alpha value is -3.98. The minimum absolute atomic E-state index is 0.0316. The minimum atomic E-state index is -4.73. The average molecular weight is 511 g/mol. The van der Waals surface area contributed by atoms with E-state index in [2.05, 4.69) is 36.2 Å². The summed E-state index contributed by atoms with van der Waals surface area (Å²) in [5.74, 6) is -1.16. The van der Waals surface area contributed by atoms with Crippen LogP contribution in [-0.4, -0.2) is 58.7 Å². The van der Waals surface area contributed by atoms with Crippen molar-refractivity contribution >= 4 is 52.0 Å². The highest BCUT2D eigenvalue weighted by Gasteiger charge is 2.35. The Bertz CT molecular complexity index is 1150. The first-order chi connectivity index (χ1) is 16.7. The van der Waals surface area contributed by atoms with E-state index in [9.17, 15) is 23.1 Å². The molecule has 1 saturated heterocycles. The first kappa shape index (κ1) is 25.6. The molecule has 0 saturated carbocycles. The minimum Gasteiger partial charge on any atom is -0.478 e. The van der Waals surface area contributed by atoms with E-state index in [0.717, 1.165) is 30.2 Å². The molecule has 3 aromatic rings. The maximum atomic E-state index is 13.4. The molecule has 0 unspecified atom stereocenters. The third-order valence-electron chi connectivity index (χ3n) is 4.56. The SMILES string of the molecule is NC=O.O=C(O)c1ccsc1Nc1nc(Nc2ccc(N3CCOCC3)nc2)ncc1C(F)(F)F. The molecular weight excluding hydrogens is 491 g/mol. The van der Waals surface area contributed by atoms with E-state index in [1.807, 2.05) is 0 Å². The summed E-state index contributed by atoms with van der Waals surface area (Å²) in [5.41, 5.74) is 3.38. The predicted molar refractivity (Wildman–Crippen MR) is 122 cm³/mol. The van der Waals surface area contributed by atoms with Gasteiger partial charge in [0.2, 0.25) is 12.4 Å². The number of pyridine rings is 1. The molecule has 1 amide bonds. The maximum absolute atomic E-state index is 13.4. The van der Waals surface area contributed by atoms with Crippen LogP contribution in [0.2, 0.25) is 0 Å². The maximum Gasteiger partial charge on any atom is 0.421 e. The summed E-state index contributed by atoms with van der Waals surface area (Å²) >= 11 is 0.953. The number of aromatic nitrogens is 3. The number of carbonyl (C=O) groups excluding carboxylic acids is 1. The van der Waals surface area contributed by atoms with E-state index >= 15 is 0 Å². The van der Waals surface area contributed by atoms with E-state index in [4.69, 9.17) is 9.53 Å². The number of alkyl halides is 3. The van der Waals surface area contributed by atoms with Crippen molar-refractivity contribution in [3.05, 3.63) is 47.1 Å². The molecule has 1 aliphatic rings. The lowest BCUT2D eigenvalue weighted by atomic mass is 10.3. The second-order valence-electron chi connectivity index (χ2n) is 6.81. The van der Waals surface area contributed by atoms with Crippen LogP contribution in [0.15, 0.2) is 36.0 Å². The molecule has 5 N–H and O–H groups in total. The van der Waals surface area contributed by atoms with Gasteiger partial charge in [-0.05, 0) is 23.6 Å². The number of carbonyl (C=O) groups is 2. The predicted octanol–water partition coefficient (Wildman–Crippen LogP) is 3.08. The Morgan fingerprint density at radius 2 is 1.89 bits per heavy atom. The molecular formula is C20H20F3N7O4S. The molecule has 0 aliphatic carbocycles. The van der Waals surface area contributed by atoms with Crippen molar-refractivity contribution in [2.75, 3.05) is 41.8 Å². The van der Waals surface area contributed by atoms with Crippen molar-refractivity contribution in [3.63, 3.8) is 0 Å². The van der Waals surface area contributed by atoms with Crippen molar-refractivity contribution < 1.29 is 32.6 Å². The highest BCUT2D eigenvalue weighted by Crippen LogP contribution is 2.37. The summed E-state index contributed by atoms with van der Waals surface area (Å²) in [4.78, 5) is 34.0. The number of ether oxygens (including phenoxy) is 1. The molecule has 0 radical (unpaired) electrons. The molecule has 0 atom stereocenters. The standard InChI is InChI=1S/C19H17F3N6O3S.CH3NO/c20-19(21,22)13-10-24-18(27-15(13)26-16-12(17(29)30)3-8-32-16)25-11-1-2-14(23-9-11)28-4-6-31-7-5-28;2-1-3/h1-3,8-10H,4-7H2,(H,29,30)(H2,24,25,26,27);1H,(H2,2,3). The fourth-order valence-electron chi connectivity index (χ4n) is 3.00. The third-order valence-corrected chi connectivity index (χ3v) is 5.39. The fourth-order valence-corrected chi connectivity index (χ4v) is 3.77. The van der Waals surface area contributed by atoms with Crippen LogP contribution in [0.4, 0.5) is 41.4 Å². The van der Waals surface area contributed by atoms with Crippen LogP contribution in [0.3, 0.4) is 0 Å². The zero-order valence-corrected chi connectivity index (χ0v) is 18.8. The molecule has 15 heteroatoms. The molecule has 0 bridgehead atoms. The first-order valence-electron chi connectivity index (χ1n) is 9.96. The van der Waals surface area contributed by atoms with Gasteiger partial charge in [0, 0.05) is 19.3 Å². The number of hydrogen-bond donors (Lipinski definition) is 4. The molecule has 186 valence electrons. The van der Waals surface area contributed by atoms with Crippen LogP contribution >= 0.6 is 11.3 Å². The van der Waals surface area contributed by atoms with Gasteiger partial charge in [-0.2, -0.15) is 18.2 Å².